The molecule has 7 nitrogen and oxygen atoms in total. The maximum atomic E-state index is 13.6. The number of aliphatic hydroxyl groups is 1. The van der Waals surface area contributed by atoms with Crippen LogP contribution < -0.4 is 4.90 Å². The molecule has 1 amide bonds. The number of Topliss-reactive ketones (excluding diaryl/α,β-unsaturated/α-hetero) is 1. The molecule has 1 saturated heterocycles. The number of amides is 1. The fourth-order valence-electron chi connectivity index (χ4n) is 3.75. The van der Waals surface area contributed by atoms with Crippen LogP contribution in [0.5, 0.6) is 0 Å². The van der Waals surface area contributed by atoms with Gasteiger partial charge in [-0.2, -0.15) is 0 Å². The molecule has 31 heavy (non-hydrogen) atoms. The van der Waals surface area contributed by atoms with Crippen molar-refractivity contribution < 1.29 is 19.1 Å². The largest absolute Gasteiger partial charge is 0.507 e. The topological polar surface area (TPSA) is 99.2 Å². The number of rotatable bonds is 3. The van der Waals surface area contributed by atoms with E-state index >= 15 is 0 Å². The highest BCUT2D eigenvalue weighted by Gasteiger charge is 2.48. The van der Waals surface area contributed by atoms with Gasteiger partial charge in [0.1, 0.15) is 11.6 Å². The summed E-state index contributed by atoms with van der Waals surface area (Å²) in [5.41, 5.74) is 1.75. The van der Waals surface area contributed by atoms with Crippen LogP contribution in [0.1, 0.15) is 17.2 Å². The number of halogens is 1. The molecule has 2 aromatic carbocycles. The summed E-state index contributed by atoms with van der Waals surface area (Å²) in [6.07, 6.45) is 2.97. The fraction of sp³-hybridized carbons (Fsp3) is 0.0435. The summed E-state index contributed by atoms with van der Waals surface area (Å²) < 4.78 is 13.6. The van der Waals surface area contributed by atoms with Crippen molar-refractivity contribution in [1.29, 1.82) is 0 Å². The smallest absolute Gasteiger partial charge is 0.302 e. The first-order valence-electron chi connectivity index (χ1n) is 9.46. The van der Waals surface area contributed by atoms with E-state index in [1.165, 1.54) is 35.5 Å². The molecule has 0 bridgehead atoms. The molecule has 1 aliphatic heterocycles. The van der Waals surface area contributed by atoms with Crippen molar-refractivity contribution in [2.45, 2.75) is 6.04 Å². The Morgan fingerprint density at radius 3 is 2.52 bits per heavy atom. The normalized spacial score (nSPS) is 18.1. The zero-order valence-electron chi connectivity index (χ0n) is 16.0. The highest BCUT2D eigenvalue weighted by atomic mass is 19.1. The lowest BCUT2D eigenvalue weighted by atomic mass is 9.96. The first kappa shape index (κ1) is 18.7. The number of imidazole rings is 1. The van der Waals surface area contributed by atoms with Crippen LogP contribution in [-0.2, 0) is 9.59 Å². The third kappa shape index (κ3) is 3.05. The van der Waals surface area contributed by atoms with Gasteiger partial charge in [-0.15, -0.1) is 0 Å². The van der Waals surface area contributed by atoms with Gasteiger partial charge in [0.15, 0.2) is 0 Å². The second-order valence-electron chi connectivity index (χ2n) is 7.04. The third-order valence-electron chi connectivity index (χ3n) is 5.17. The van der Waals surface area contributed by atoms with Crippen molar-refractivity contribution >= 4 is 34.4 Å². The van der Waals surface area contributed by atoms with Crippen molar-refractivity contribution in [3.05, 3.63) is 95.6 Å². The number of nitrogens with zero attached hydrogens (tertiary/aromatic N) is 3. The maximum Gasteiger partial charge on any atom is 0.302 e. The summed E-state index contributed by atoms with van der Waals surface area (Å²) in [6.45, 7) is 0. The minimum absolute atomic E-state index is 0.0611. The molecule has 2 N–H and O–H groups in total. The first-order valence-corrected chi connectivity index (χ1v) is 9.46. The quantitative estimate of drug-likeness (QED) is 0.302. The van der Waals surface area contributed by atoms with Crippen LogP contribution in [0.2, 0.25) is 0 Å². The predicted octanol–water partition coefficient (Wildman–Crippen LogP) is 3.72. The van der Waals surface area contributed by atoms with E-state index in [4.69, 9.17) is 0 Å². The van der Waals surface area contributed by atoms with Gasteiger partial charge in [0.05, 0.1) is 22.6 Å². The van der Waals surface area contributed by atoms with E-state index in [9.17, 15) is 19.1 Å². The lowest BCUT2D eigenvalue weighted by Gasteiger charge is -2.22. The number of aromatic nitrogens is 3. The molecular formula is C23H15FN4O3. The summed E-state index contributed by atoms with van der Waals surface area (Å²) in [5.74, 6) is -2.36. The van der Waals surface area contributed by atoms with Gasteiger partial charge >= 0.3 is 5.91 Å². The number of anilines is 1. The Labute approximate surface area is 175 Å². The molecule has 1 unspecified atom stereocenters. The summed E-state index contributed by atoms with van der Waals surface area (Å²) >= 11 is 0. The van der Waals surface area contributed by atoms with Crippen molar-refractivity contribution in [3.63, 3.8) is 0 Å². The van der Waals surface area contributed by atoms with Gasteiger partial charge in [-0.25, -0.2) is 9.37 Å². The Balaban J connectivity index is 1.73. The average Bonchev–Trinajstić information content (AvgIpc) is 3.32. The number of aromatic amines is 1. The van der Waals surface area contributed by atoms with Gasteiger partial charge in [-0.1, -0.05) is 30.3 Å². The molecule has 2 aromatic heterocycles. The van der Waals surface area contributed by atoms with E-state index in [1.54, 1.807) is 36.4 Å². The Morgan fingerprint density at radius 1 is 1.03 bits per heavy atom. The van der Waals surface area contributed by atoms with E-state index in [1.807, 2.05) is 6.07 Å². The number of carbonyl (C=O) groups excluding carboxylic acids is 2. The van der Waals surface area contributed by atoms with Crippen LogP contribution >= 0.6 is 0 Å². The van der Waals surface area contributed by atoms with E-state index in [2.05, 4.69) is 15.0 Å². The molecule has 0 aliphatic carbocycles. The number of H-pyrrole nitrogens is 1. The fourth-order valence-corrected chi connectivity index (χ4v) is 3.75. The second kappa shape index (κ2) is 7.17. The van der Waals surface area contributed by atoms with Gasteiger partial charge in [-0.05, 0) is 35.9 Å². The molecule has 8 heteroatoms. The number of carbonyl (C=O) groups is 2. The highest BCUT2D eigenvalue weighted by Crippen LogP contribution is 2.41. The van der Waals surface area contributed by atoms with E-state index in [0.717, 1.165) is 0 Å². The lowest BCUT2D eigenvalue weighted by Crippen LogP contribution is -2.30. The third-order valence-corrected chi connectivity index (χ3v) is 5.17. The molecule has 0 spiro atoms. The van der Waals surface area contributed by atoms with Crippen LogP contribution in [0.15, 0.2) is 78.6 Å². The molecule has 0 radical (unpaired) electrons. The summed E-state index contributed by atoms with van der Waals surface area (Å²) in [7, 11) is 0. The molecule has 1 aliphatic rings. The molecule has 1 atom stereocenters. The van der Waals surface area contributed by atoms with Crippen molar-refractivity contribution in [2.75, 3.05) is 4.90 Å². The summed E-state index contributed by atoms with van der Waals surface area (Å²) in [4.78, 5) is 38.5. The highest BCUT2D eigenvalue weighted by molar-refractivity contribution is 6.51. The molecule has 3 heterocycles. The van der Waals surface area contributed by atoms with E-state index in [0.29, 0.717) is 22.2 Å². The zero-order chi connectivity index (χ0) is 21.5. The van der Waals surface area contributed by atoms with Crippen molar-refractivity contribution in [2.24, 2.45) is 0 Å². The molecule has 4 aromatic rings. The Kier molecular flexibility index (Phi) is 4.32. The zero-order valence-corrected chi connectivity index (χ0v) is 16.0. The van der Waals surface area contributed by atoms with Gasteiger partial charge in [0, 0.05) is 18.0 Å². The maximum absolute atomic E-state index is 13.6. The van der Waals surface area contributed by atoms with Gasteiger partial charge in [-0.3, -0.25) is 19.5 Å². The number of hydrogen-bond donors (Lipinski definition) is 2. The number of benzene rings is 2. The molecular weight excluding hydrogens is 399 g/mol. The minimum atomic E-state index is -0.917. The van der Waals surface area contributed by atoms with Crippen LogP contribution in [0.4, 0.5) is 10.3 Å². The van der Waals surface area contributed by atoms with Crippen LogP contribution in [-0.4, -0.2) is 31.7 Å². The number of ketones is 1. The van der Waals surface area contributed by atoms with Gasteiger partial charge < -0.3 is 10.1 Å². The Morgan fingerprint density at radius 2 is 1.77 bits per heavy atom. The van der Waals surface area contributed by atoms with Gasteiger partial charge in [0.2, 0.25) is 5.95 Å². The monoisotopic (exact) mass is 414 g/mol. The molecule has 1 fully saturated rings. The second-order valence-corrected chi connectivity index (χ2v) is 7.04. The van der Waals surface area contributed by atoms with Crippen molar-refractivity contribution in [3.8, 4) is 0 Å². The number of hydrogen-bond acceptors (Lipinski definition) is 5. The Bertz CT molecular complexity index is 1350. The van der Waals surface area contributed by atoms with Crippen LogP contribution in [0.25, 0.3) is 16.8 Å². The predicted molar refractivity (Wildman–Crippen MR) is 112 cm³/mol. The standard InChI is InChI=1S/C23H15FN4O3/c24-15-6-7-16-17(12-15)27-23(26-16)28-19(13-4-2-1-3-5-13)18(21(30)22(28)31)20(29)14-8-10-25-11-9-14/h1-12,19,29H,(H,26,27)/b20-18+. The summed E-state index contributed by atoms with van der Waals surface area (Å²) in [5, 5.41) is 11.0. The first-order chi connectivity index (χ1) is 15.0. The van der Waals surface area contributed by atoms with Crippen molar-refractivity contribution in [1.82, 2.24) is 15.0 Å². The molecule has 152 valence electrons. The SMILES string of the molecule is O=C1C(=O)N(c2nc3ccc(F)cc3[nH]2)C(c2ccccc2)/C1=C(\O)c1ccncc1. The van der Waals surface area contributed by atoms with Crippen LogP contribution in [0.3, 0.4) is 0 Å². The van der Waals surface area contributed by atoms with E-state index in [-0.39, 0.29) is 17.3 Å². The average molecular weight is 414 g/mol. The minimum Gasteiger partial charge on any atom is -0.507 e. The van der Waals surface area contributed by atoms with Crippen LogP contribution in [0, 0.1) is 5.82 Å². The number of pyridine rings is 1. The Hall–Kier alpha value is -4.33. The molecule has 0 saturated carbocycles. The number of fused-ring (bicyclic) bond motifs is 1. The number of nitrogens with one attached hydrogen (secondary N) is 1. The van der Waals surface area contributed by atoms with E-state index < -0.39 is 23.5 Å². The molecule has 5 rings (SSSR count). The van der Waals surface area contributed by atoms with Gasteiger partial charge in [0.25, 0.3) is 5.78 Å². The summed E-state index contributed by atoms with van der Waals surface area (Å²) in [6, 6.07) is 15.1. The lowest BCUT2D eigenvalue weighted by molar-refractivity contribution is -0.132. The number of aliphatic hydroxyl groups excluding tert-OH is 1.